The molecular weight excluding hydrogens is 394 g/mol. The van der Waals surface area contributed by atoms with Gasteiger partial charge in [-0.25, -0.2) is 4.98 Å². The molecule has 2 aromatic carbocycles. The van der Waals surface area contributed by atoms with Gasteiger partial charge < -0.3 is 9.64 Å². The lowest BCUT2D eigenvalue weighted by molar-refractivity contribution is -0.134. The van der Waals surface area contributed by atoms with Crippen LogP contribution in [0.4, 0.5) is 0 Å². The molecule has 2 aliphatic rings. The predicted molar refractivity (Wildman–Crippen MR) is 120 cm³/mol. The van der Waals surface area contributed by atoms with E-state index in [4.69, 9.17) is 4.74 Å². The van der Waals surface area contributed by atoms with Gasteiger partial charge in [-0.1, -0.05) is 35.6 Å². The number of para-hydroxylation sites is 1. The third-order valence-electron chi connectivity index (χ3n) is 6.53. The molecule has 0 saturated carbocycles. The second-order valence-electron chi connectivity index (χ2n) is 8.55. The molecule has 2 fully saturated rings. The Hall–Kier alpha value is -2.44. The van der Waals surface area contributed by atoms with Crippen molar-refractivity contribution in [1.29, 1.82) is 0 Å². The highest BCUT2D eigenvalue weighted by molar-refractivity contribution is 7.20. The standard InChI is InChI=1S/C24H27N3O2S/c1-16(28)27-18-9-10-19(27)14-20(13-18)26(2)15-17-7-11-21(12-8-17)29-24-25-22-5-3-4-6-23(22)30-24/h3-8,11-12,18-20H,9-10,13-15H2,1-2H3. The fraction of sp³-hybridized carbons (Fsp3) is 0.417. The first-order valence-electron chi connectivity index (χ1n) is 10.7. The van der Waals surface area contributed by atoms with Gasteiger partial charge in [0.25, 0.3) is 5.19 Å². The number of thiazole rings is 1. The lowest BCUT2D eigenvalue weighted by Crippen LogP contribution is -2.51. The zero-order chi connectivity index (χ0) is 20.7. The van der Waals surface area contributed by atoms with Gasteiger partial charge >= 0.3 is 0 Å². The summed E-state index contributed by atoms with van der Waals surface area (Å²) in [6.07, 6.45) is 4.50. The zero-order valence-electron chi connectivity index (χ0n) is 17.5. The first-order valence-corrected chi connectivity index (χ1v) is 11.5. The highest BCUT2D eigenvalue weighted by Gasteiger charge is 2.42. The van der Waals surface area contributed by atoms with Crippen LogP contribution in [0.3, 0.4) is 0 Å². The smallest absolute Gasteiger partial charge is 0.279 e. The van der Waals surface area contributed by atoms with E-state index in [9.17, 15) is 4.79 Å². The summed E-state index contributed by atoms with van der Waals surface area (Å²) in [5.74, 6) is 1.06. The van der Waals surface area contributed by atoms with Crippen molar-refractivity contribution < 1.29 is 9.53 Å². The number of carbonyl (C=O) groups is 1. The van der Waals surface area contributed by atoms with E-state index in [1.165, 1.54) is 5.56 Å². The van der Waals surface area contributed by atoms with E-state index < -0.39 is 0 Å². The largest absolute Gasteiger partial charge is 0.431 e. The normalized spacial score (nSPS) is 23.3. The fourth-order valence-electron chi connectivity index (χ4n) is 5.10. The highest BCUT2D eigenvalue weighted by Crippen LogP contribution is 2.38. The molecule has 0 aliphatic carbocycles. The molecule has 6 heteroatoms. The van der Waals surface area contributed by atoms with Gasteiger partial charge in [0.2, 0.25) is 5.91 Å². The molecule has 2 aliphatic heterocycles. The van der Waals surface area contributed by atoms with Gasteiger partial charge in [-0.2, -0.15) is 0 Å². The molecule has 3 aromatic rings. The summed E-state index contributed by atoms with van der Waals surface area (Å²) in [6.45, 7) is 2.62. The van der Waals surface area contributed by atoms with Crippen molar-refractivity contribution in [2.24, 2.45) is 0 Å². The lowest BCUT2D eigenvalue weighted by atomic mass is 9.95. The van der Waals surface area contributed by atoms with Gasteiger partial charge in [0.15, 0.2) is 0 Å². The second kappa shape index (κ2) is 8.00. The van der Waals surface area contributed by atoms with Gasteiger partial charge in [-0.3, -0.25) is 9.69 Å². The zero-order valence-corrected chi connectivity index (χ0v) is 18.3. The summed E-state index contributed by atoms with van der Waals surface area (Å²) in [5.41, 5.74) is 2.25. The number of nitrogens with zero attached hydrogens (tertiary/aromatic N) is 3. The molecule has 0 radical (unpaired) electrons. The number of piperidine rings is 1. The number of fused-ring (bicyclic) bond motifs is 3. The molecule has 5 rings (SSSR count). The van der Waals surface area contributed by atoms with Gasteiger partial charge in [0, 0.05) is 31.6 Å². The monoisotopic (exact) mass is 421 g/mol. The summed E-state index contributed by atoms with van der Waals surface area (Å²) in [7, 11) is 2.21. The van der Waals surface area contributed by atoms with Crippen LogP contribution in [0, 0.1) is 0 Å². The summed E-state index contributed by atoms with van der Waals surface area (Å²) in [4.78, 5) is 21.1. The van der Waals surface area contributed by atoms with E-state index in [2.05, 4.69) is 40.0 Å². The Morgan fingerprint density at radius 3 is 2.50 bits per heavy atom. The molecule has 2 unspecified atom stereocenters. The molecule has 156 valence electrons. The number of carbonyl (C=O) groups excluding carboxylic acids is 1. The van der Waals surface area contributed by atoms with Crippen LogP contribution in [-0.4, -0.2) is 45.9 Å². The van der Waals surface area contributed by atoms with Crippen LogP contribution in [0.15, 0.2) is 48.5 Å². The Morgan fingerprint density at radius 2 is 1.83 bits per heavy atom. The van der Waals surface area contributed by atoms with Crippen LogP contribution in [0.2, 0.25) is 0 Å². The minimum atomic E-state index is 0.243. The molecule has 1 amide bonds. The highest BCUT2D eigenvalue weighted by atomic mass is 32.1. The van der Waals surface area contributed by atoms with Crippen LogP contribution in [0.1, 0.15) is 38.2 Å². The SMILES string of the molecule is CC(=O)N1C2CCC1CC(N(C)Cc1ccc(Oc3nc4ccccc4s3)cc1)C2. The van der Waals surface area contributed by atoms with E-state index >= 15 is 0 Å². The van der Waals surface area contributed by atoms with Crippen molar-refractivity contribution in [2.75, 3.05) is 7.05 Å². The first-order chi connectivity index (χ1) is 14.6. The molecular formula is C24H27N3O2S. The molecule has 30 heavy (non-hydrogen) atoms. The van der Waals surface area contributed by atoms with Crippen molar-refractivity contribution in [3.05, 3.63) is 54.1 Å². The topological polar surface area (TPSA) is 45.7 Å². The molecule has 1 aromatic heterocycles. The summed E-state index contributed by atoms with van der Waals surface area (Å²) in [5, 5.41) is 0.675. The lowest BCUT2D eigenvalue weighted by Gasteiger charge is -2.42. The van der Waals surface area contributed by atoms with Crippen molar-refractivity contribution in [1.82, 2.24) is 14.8 Å². The maximum absolute atomic E-state index is 11.9. The quantitative estimate of drug-likeness (QED) is 0.577. The van der Waals surface area contributed by atoms with Crippen LogP contribution in [0.25, 0.3) is 10.2 Å². The van der Waals surface area contributed by atoms with Gasteiger partial charge in [-0.05, 0) is 62.6 Å². The number of rotatable bonds is 5. The molecule has 0 N–H and O–H groups in total. The van der Waals surface area contributed by atoms with E-state index in [0.29, 0.717) is 23.3 Å². The first kappa shape index (κ1) is 19.5. The van der Waals surface area contributed by atoms with Crippen molar-refractivity contribution in [2.45, 2.75) is 57.3 Å². The summed E-state index contributed by atoms with van der Waals surface area (Å²) < 4.78 is 7.10. The summed E-state index contributed by atoms with van der Waals surface area (Å²) >= 11 is 1.56. The molecule has 0 spiro atoms. The Bertz CT molecular complexity index is 1000. The average Bonchev–Trinajstić information content (AvgIpc) is 3.26. The Kier molecular flexibility index (Phi) is 5.21. The van der Waals surface area contributed by atoms with E-state index in [1.54, 1.807) is 18.3 Å². The van der Waals surface area contributed by atoms with Crippen LogP contribution >= 0.6 is 11.3 Å². The number of aromatic nitrogens is 1. The second-order valence-corrected chi connectivity index (χ2v) is 9.54. The molecule has 2 saturated heterocycles. The number of benzene rings is 2. The molecule has 2 atom stereocenters. The summed E-state index contributed by atoms with van der Waals surface area (Å²) in [6, 6.07) is 17.8. The molecule has 5 nitrogen and oxygen atoms in total. The van der Waals surface area contributed by atoms with Crippen LogP contribution in [-0.2, 0) is 11.3 Å². The molecule has 2 bridgehead atoms. The van der Waals surface area contributed by atoms with E-state index in [1.807, 2.05) is 30.3 Å². The Balaban J connectivity index is 1.20. The van der Waals surface area contributed by atoms with Gasteiger partial charge in [0.1, 0.15) is 5.75 Å². The van der Waals surface area contributed by atoms with Crippen molar-refractivity contribution in [3.63, 3.8) is 0 Å². The minimum Gasteiger partial charge on any atom is -0.431 e. The molecule has 3 heterocycles. The van der Waals surface area contributed by atoms with Crippen LogP contribution < -0.4 is 4.74 Å². The van der Waals surface area contributed by atoms with Crippen LogP contribution in [0.5, 0.6) is 10.9 Å². The number of amides is 1. The number of hydrogen-bond acceptors (Lipinski definition) is 5. The maximum Gasteiger partial charge on any atom is 0.279 e. The Labute approximate surface area is 181 Å². The van der Waals surface area contributed by atoms with E-state index in [-0.39, 0.29) is 5.91 Å². The van der Waals surface area contributed by atoms with E-state index in [0.717, 1.165) is 48.2 Å². The minimum absolute atomic E-state index is 0.243. The van der Waals surface area contributed by atoms with Crippen molar-refractivity contribution in [3.8, 4) is 10.9 Å². The average molecular weight is 422 g/mol. The fourth-order valence-corrected chi connectivity index (χ4v) is 5.93. The third-order valence-corrected chi connectivity index (χ3v) is 7.44. The number of hydrogen-bond donors (Lipinski definition) is 0. The van der Waals surface area contributed by atoms with Gasteiger partial charge in [-0.15, -0.1) is 0 Å². The van der Waals surface area contributed by atoms with Crippen molar-refractivity contribution >= 4 is 27.5 Å². The third kappa shape index (κ3) is 3.82. The Morgan fingerprint density at radius 1 is 1.13 bits per heavy atom. The predicted octanol–water partition coefficient (Wildman–Crippen LogP) is 5.06. The number of ether oxygens (including phenoxy) is 1. The maximum atomic E-state index is 11.9. The van der Waals surface area contributed by atoms with Gasteiger partial charge in [0.05, 0.1) is 10.2 Å².